The fourth-order valence-electron chi connectivity index (χ4n) is 2.93. The Morgan fingerprint density at radius 2 is 1.85 bits per heavy atom. The van der Waals surface area contributed by atoms with Crippen LogP contribution in [0.5, 0.6) is 0 Å². The molecule has 3 heteroatoms. The zero-order valence-electron chi connectivity index (χ0n) is 12.5. The van der Waals surface area contributed by atoms with E-state index in [-0.39, 0.29) is 11.8 Å². The van der Waals surface area contributed by atoms with Gasteiger partial charge in [-0.15, -0.1) is 0 Å². The van der Waals surface area contributed by atoms with Gasteiger partial charge >= 0.3 is 0 Å². The molecule has 1 unspecified atom stereocenters. The lowest BCUT2D eigenvalue weighted by molar-refractivity contribution is -0.135. The third-order valence-electron chi connectivity index (χ3n) is 4.28. The number of carbonyl (C=O) groups is 1. The van der Waals surface area contributed by atoms with E-state index in [9.17, 15) is 4.79 Å². The largest absolute Gasteiger partial charge is 0.342 e. The molecule has 1 fully saturated rings. The van der Waals surface area contributed by atoms with Crippen LogP contribution >= 0.6 is 0 Å². The molecular formula is C17H26N2O. The van der Waals surface area contributed by atoms with Crippen LogP contribution in [0.15, 0.2) is 24.3 Å². The minimum absolute atomic E-state index is 0.0748. The Morgan fingerprint density at radius 3 is 2.45 bits per heavy atom. The molecule has 110 valence electrons. The van der Waals surface area contributed by atoms with Crippen molar-refractivity contribution in [1.82, 2.24) is 4.90 Å². The summed E-state index contributed by atoms with van der Waals surface area (Å²) in [6, 6.07) is 8.27. The number of hydrogen-bond acceptors (Lipinski definition) is 2. The van der Waals surface area contributed by atoms with E-state index in [0.717, 1.165) is 32.4 Å². The van der Waals surface area contributed by atoms with Crippen LogP contribution in [0.3, 0.4) is 0 Å². The molecule has 1 heterocycles. The van der Waals surface area contributed by atoms with E-state index in [0.29, 0.717) is 6.54 Å². The Balaban J connectivity index is 2.03. The smallest absolute Gasteiger partial charge is 0.227 e. The van der Waals surface area contributed by atoms with Crippen LogP contribution in [0.1, 0.15) is 36.8 Å². The highest BCUT2D eigenvalue weighted by atomic mass is 16.2. The highest BCUT2D eigenvalue weighted by Crippen LogP contribution is 2.17. The molecule has 1 aliphatic heterocycles. The van der Waals surface area contributed by atoms with Gasteiger partial charge in [-0.1, -0.05) is 37.1 Å². The molecule has 0 radical (unpaired) electrons. The monoisotopic (exact) mass is 274 g/mol. The number of carbonyl (C=O) groups excluding carboxylic acids is 1. The molecule has 1 amide bonds. The number of hydrogen-bond donors (Lipinski definition) is 1. The zero-order valence-corrected chi connectivity index (χ0v) is 12.5. The van der Waals surface area contributed by atoms with Crippen molar-refractivity contribution in [2.75, 3.05) is 19.6 Å². The van der Waals surface area contributed by atoms with E-state index < -0.39 is 0 Å². The summed E-state index contributed by atoms with van der Waals surface area (Å²) in [5, 5.41) is 0. The second-order valence-corrected chi connectivity index (χ2v) is 5.80. The van der Waals surface area contributed by atoms with E-state index in [1.807, 2.05) is 17.0 Å². The fourth-order valence-corrected chi connectivity index (χ4v) is 2.93. The van der Waals surface area contributed by atoms with Gasteiger partial charge in [-0.2, -0.15) is 0 Å². The summed E-state index contributed by atoms with van der Waals surface area (Å²) in [5.41, 5.74) is 8.36. The van der Waals surface area contributed by atoms with Gasteiger partial charge in [0.15, 0.2) is 0 Å². The number of likely N-dealkylation sites (tertiary alicyclic amines) is 1. The van der Waals surface area contributed by atoms with Gasteiger partial charge in [-0.05, 0) is 37.3 Å². The van der Waals surface area contributed by atoms with Crippen molar-refractivity contribution in [3.05, 3.63) is 35.4 Å². The molecule has 1 atom stereocenters. The number of rotatable bonds is 4. The molecule has 1 aromatic carbocycles. The molecule has 20 heavy (non-hydrogen) atoms. The van der Waals surface area contributed by atoms with Crippen molar-refractivity contribution in [2.24, 2.45) is 11.7 Å². The van der Waals surface area contributed by atoms with Crippen LogP contribution < -0.4 is 5.73 Å². The first-order chi connectivity index (χ1) is 9.72. The SMILES string of the molecule is Cc1ccccc1CC(CN)C(=O)N1CCCCCC1. The molecule has 1 aliphatic rings. The average molecular weight is 274 g/mol. The molecule has 0 aromatic heterocycles. The average Bonchev–Trinajstić information content (AvgIpc) is 2.75. The molecule has 1 saturated heterocycles. The lowest BCUT2D eigenvalue weighted by Crippen LogP contribution is -2.40. The van der Waals surface area contributed by atoms with Crippen molar-refractivity contribution in [2.45, 2.75) is 39.0 Å². The van der Waals surface area contributed by atoms with Gasteiger partial charge in [0.1, 0.15) is 0 Å². The highest BCUT2D eigenvalue weighted by molar-refractivity contribution is 5.79. The van der Waals surface area contributed by atoms with Gasteiger partial charge in [-0.3, -0.25) is 4.79 Å². The Kier molecular flexibility index (Phi) is 5.60. The normalized spacial score (nSPS) is 17.6. The summed E-state index contributed by atoms with van der Waals surface area (Å²) in [6.07, 6.45) is 5.52. The van der Waals surface area contributed by atoms with Crippen molar-refractivity contribution >= 4 is 5.91 Å². The van der Waals surface area contributed by atoms with Crippen molar-refractivity contribution in [1.29, 1.82) is 0 Å². The second-order valence-electron chi connectivity index (χ2n) is 5.80. The topological polar surface area (TPSA) is 46.3 Å². The third-order valence-corrected chi connectivity index (χ3v) is 4.28. The first-order valence-corrected chi connectivity index (χ1v) is 7.75. The Hall–Kier alpha value is -1.35. The first-order valence-electron chi connectivity index (χ1n) is 7.75. The molecule has 3 nitrogen and oxygen atoms in total. The predicted molar refractivity (Wildman–Crippen MR) is 82.5 cm³/mol. The maximum Gasteiger partial charge on any atom is 0.227 e. The van der Waals surface area contributed by atoms with Gasteiger partial charge < -0.3 is 10.6 Å². The van der Waals surface area contributed by atoms with Crippen molar-refractivity contribution < 1.29 is 4.79 Å². The van der Waals surface area contributed by atoms with E-state index in [2.05, 4.69) is 19.1 Å². The minimum atomic E-state index is -0.0748. The Bertz CT molecular complexity index is 436. The molecule has 1 aromatic rings. The number of amides is 1. The Morgan fingerprint density at radius 1 is 1.20 bits per heavy atom. The maximum atomic E-state index is 12.6. The zero-order chi connectivity index (χ0) is 14.4. The number of nitrogens with two attached hydrogens (primary N) is 1. The highest BCUT2D eigenvalue weighted by Gasteiger charge is 2.24. The summed E-state index contributed by atoms with van der Waals surface area (Å²) in [6.45, 7) is 4.34. The lowest BCUT2D eigenvalue weighted by atomic mass is 9.95. The van der Waals surface area contributed by atoms with Gasteiger partial charge in [0.05, 0.1) is 5.92 Å². The second kappa shape index (κ2) is 7.44. The van der Waals surface area contributed by atoms with Gasteiger partial charge in [0.25, 0.3) is 0 Å². The van der Waals surface area contributed by atoms with E-state index in [1.165, 1.54) is 24.0 Å². The van der Waals surface area contributed by atoms with E-state index in [4.69, 9.17) is 5.73 Å². The summed E-state index contributed by atoms with van der Waals surface area (Å²) in [4.78, 5) is 14.7. The van der Waals surface area contributed by atoms with Gasteiger partial charge in [0.2, 0.25) is 5.91 Å². The van der Waals surface area contributed by atoms with Crippen molar-refractivity contribution in [3.8, 4) is 0 Å². The maximum absolute atomic E-state index is 12.6. The minimum Gasteiger partial charge on any atom is -0.342 e. The molecule has 2 N–H and O–H groups in total. The summed E-state index contributed by atoms with van der Waals surface area (Å²) < 4.78 is 0. The molecular weight excluding hydrogens is 248 g/mol. The first kappa shape index (κ1) is 15.0. The molecule has 2 rings (SSSR count). The number of nitrogens with zero attached hydrogens (tertiary/aromatic N) is 1. The van der Waals surface area contributed by atoms with Crippen LogP contribution in [-0.4, -0.2) is 30.4 Å². The van der Waals surface area contributed by atoms with Crippen molar-refractivity contribution in [3.63, 3.8) is 0 Å². The predicted octanol–water partition coefficient (Wildman–Crippen LogP) is 2.52. The third kappa shape index (κ3) is 3.83. The van der Waals surface area contributed by atoms with E-state index >= 15 is 0 Å². The Labute approximate surface area is 122 Å². The van der Waals surface area contributed by atoms with Crippen LogP contribution in [0.4, 0.5) is 0 Å². The summed E-state index contributed by atoms with van der Waals surface area (Å²) in [7, 11) is 0. The summed E-state index contributed by atoms with van der Waals surface area (Å²) >= 11 is 0. The standard InChI is InChI=1S/C17H26N2O/c1-14-8-4-5-9-15(14)12-16(13-18)17(20)19-10-6-2-3-7-11-19/h4-5,8-9,16H,2-3,6-7,10-13,18H2,1H3. The number of aryl methyl sites for hydroxylation is 1. The molecule has 0 bridgehead atoms. The molecule has 0 aliphatic carbocycles. The molecule has 0 spiro atoms. The van der Waals surface area contributed by atoms with E-state index in [1.54, 1.807) is 0 Å². The lowest BCUT2D eigenvalue weighted by Gasteiger charge is -2.25. The summed E-state index contributed by atoms with van der Waals surface area (Å²) in [5.74, 6) is 0.173. The fraction of sp³-hybridized carbons (Fsp3) is 0.588. The molecule has 0 saturated carbocycles. The van der Waals surface area contributed by atoms with Gasteiger partial charge in [-0.25, -0.2) is 0 Å². The quantitative estimate of drug-likeness (QED) is 0.917. The van der Waals surface area contributed by atoms with Crippen LogP contribution in [0.25, 0.3) is 0 Å². The van der Waals surface area contributed by atoms with Gasteiger partial charge in [0, 0.05) is 19.6 Å². The van der Waals surface area contributed by atoms with Crippen LogP contribution in [0.2, 0.25) is 0 Å². The number of benzene rings is 1. The van der Waals surface area contributed by atoms with Crippen LogP contribution in [0, 0.1) is 12.8 Å². The van der Waals surface area contributed by atoms with Crippen LogP contribution in [-0.2, 0) is 11.2 Å².